The van der Waals surface area contributed by atoms with Gasteiger partial charge in [-0.2, -0.15) is 0 Å². The summed E-state index contributed by atoms with van der Waals surface area (Å²) in [6, 6.07) is 13.4. The molecule has 0 saturated carbocycles. The number of hydrogen-bond donors (Lipinski definition) is 2. The summed E-state index contributed by atoms with van der Waals surface area (Å²) in [6.07, 6.45) is 1.22. The Hall–Kier alpha value is -2.09. The van der Waals surface area contributed by atoms with Gasteiger partial charge in [0.2, 0.25) is 5.91 Å². The number of halogens is 1. The van der Waals surface area contributed by atoms with Gasteiger partial charge in [0.15, 0.2) is 9.84 Å². The van der Waals surface area contributed by atoms with Gasteiger partial charge in [0.05, 0.1) is 5.75 Å². The maximum Gasteiger partial charge on any atom is 0.224 e. The molecule has 0 spiro atoms. The van der Waals surface area contributed by atoms with Gasteiger partial charge in [0.1, 0.15) is 16.4 Å². The Balaban J connectivity index is 0.00000364. The van der Waals surface area contributed by atoms with Gasteiger partial charge in [0, 0.05) is 12.1 Å². The van der Waals surface area contributed by atoms with Crippen molar-refractivity contribution in [3.8, 4) is 11.5 Å². The lowest BCUT2D eigenvalue weighted by molar-refractivity contribution is -0.116. The molecule has 2 aromatic carbocycles. The Labute approximate surface area is 166 Å². The first kappa shape index (κ1) is 23.0. The summed E-state index contributed by atoms with van der Waals surface area (Å²) in [5.74, 6) is 0.745. The van der Waals surface area contributed by atoms with Crippen molar-refractivity contribution in [2.45, 2.75) is 24.7 Å². The summed E-state index contributed by atoms with van der Waals surface area (Å²) in [5, 5.41) is 5.82. The minimum atomic E-state index is -3.37. The fourth-order valence-corrected chi connectivity index (χ4v) is 3.34. The minimum absolute atomic E-state index is 0. The van der Waals surface area contributed by atoms with Crippen LogP contribution in [0.5, 0.6) is 11.5 Å². The summed E-state index contributed by atoms with van der Waals surface area (Å²) in [5.41, 5.74) is 0.668. The first-order valence-electron chi connectivity index (χ1n) is 8.50. The summed E-state index contributed by atoms with van der Waals surface area (Å²) in [4.78, 5) is 12.0. The first-order chi connectivity index (χ1) is 12.5. The van der Waals surface area contributed by atoms with Crippen LogP contribution in [0.15, 0.2) is 53.4 Å². The molecule has 0 saturated heterocycles. The van der Waals surface area contributed by atoms with E-state index in [9.17, 15) is 13.2 Å². The van der Waals surface area contributed by atoms with E-state index in [1.165, 1.54) is 6.07 Å². The zero-order chi connectivity index (χ0) is 19.0. The number of nitrogens with one attached hydrogen (secondary N) is 2. The lowest BCUT2D eigenvalue weighted by atomic mass is 10.2. The van der Waals surface area contributed by atoms with Crippen molar-refractivity contribution in [2.75, 3.05) is 24.7 Å². The van der Waals surface area contributed by atoms with Crippen molar-refractivity contribution in [1.29, 1.82) is 0 Å². The van der Waals surface area contributed by atoms with Gasteiger partial charge in [-0.25, -0.2) is 8.42 Å². The number of hydrogen-bond acceptors (Lipinski definition) is 5. The molecule has 0 aliphatic carbocycles. The van der Waals surface area contributed by atoms with Crippen molar-refractivity contribution in [3.05, 3.63) is 48.5 Å². The molecule has 0 aromatic heterocycles. The fraction of sp³-hybridized carbons (Fsp3) is 0.316. The van der Waals surface area contributed by atoms with Crippen LogP contribution in [0.1, 0.15) is 19.8 Å². The van der Waals surface area contributed by atoms with Crippen LogP contribution in [0, 0.1) is 0 Å². The number of ether oxygens (including phenoxy) is 1. The normalized spacial score (nSPS) is 10.7. The molecule has 8 heteroatoms. The lowest BCUT2D eigenvalue weighted by Gasteiger charge is -2.11. The van der Waals surface area contributed by atoms with Crippen LogP contribution in [-0.4, -0.2) is 33.7 Å². The predicted octanol–water partition coefficient (Wildman–Crippen LogP) is 3.63. The molecule has 1 amide bonds. The zero-order valence-corrected chi connectivity index (χ0v) is 17.0. The first-order valence-corrected chi connectivity index (χ1v) is 10.2. The monoisotopic (exact) mass is 412 g/mol. The second-order valence-electron chi connectivity index (χ2n) is 5.73. The zero-order valence-electron chi connectivity index (χ0n) is 15.4. The Morgan fingerprint density at radius 2 is 1.74 bits per heavy atom. The highest BCUT2D eigenvalue weighted by Gasteiger charge is 2.17. The van der Waals surface area contributed by atoms with E-state index in [1.807, 2.05) is 7.05 Å². The second-order valence-corrected chi connectivity index (χ2v) is 7.98. The van der Waals surface area contributed by atoms with Crippen molar-refractivity contribution in [3.63, 3.8) is 0 Å². The van der Waals surface area contributed by atoms with Crippen molar-refractivity contribution >= 4 is 33.8 Å². The van der Waals surface area contributed by atoms with Crippen LogP contribution in [-0.2, 0) is 14.6 Å². The molecule has 2 N–H and O–H groups in total. The third-order valence-electron chi connectivity index (χ3n) is 3.76. The standard InChI is InChI=1S/C19H24N2O4S.ClH/c1-3-26(23,24)18-8-5-4-7-17(18)25-16-12-10-15(11-13-16)21-19(22)9-6-14-20-2;/h4-5,7-8,10-13,20H,3,6,9,14H2,1-2H3,(H,21,22);1H. The number of para-hydroxylation sites is 1. The highest BCUT2D eigenvalue weighted by atomic mass is 35.5. The predicted molar refractivity (Wildman–Crippen MR) is 110 cm³/mol. The maximum atomic E-state index is 12.2. The largest absolute Gasteiger partial charge is 0.456 e. The van der Waals surface area contributed by atoms with Crippen LogP contribution >= 0.6 is 12.4 Å². The third kappa shape index (κ3) is 6.86. The molecule has 0 unspecified atom stereocenters. The SMILES string of the molecule is CCS(=O)(=O)c1ccccc1Oc1ccc(NC(=O)CCCNC)cc1.Cl. The molecule has 0 radical (unpaired) electrons. The third-order valence-corrected chi connectivity index (χ3v) is 5.53. The van der Waals surface area contributed by atoms with E-state index in [2.05, 4.69) is 10.6 Å². The second kappa shape index (κ2) is 10.9. The summed E-state index contributed by atoms with van der Waals surface area (Å²) in [6.45, 7) is 2.39. The van der Waals surface area contributed by atoms with Gasteiger partial charge < -0.3 is 15.4 Å². The Morgan fingerprint density at radius 3 is 2.37 bits per heavy atom. The summed E-state index contributed by atoms with van der Waals surface area (Å²) in [7, 11) is -1.52. The fourth-order valence-electron chi connectivity index (χ4n) is 2.33. The molecular weight excluding hydrogens is 388 g/mol. The van der Waals surface area contributed by atoms with E-state index in [4.69, 9.17) is 4.74 Å². The smallest absolute Gasteiger partial charge is 0.224 e. The number of sulfone groups is 1. The van der Waals surface area contributed by atoms with E-state index < -0.39 is 9.84 Å². The quantitative estimate of drug-likeness (QED) is 0.614. The number of carbonyl (C=O) groups is 1. The molecule has 27 heavy (non-hydrogen) atoms. The average molecular weight is 413 g/mol. The van der Waals surface area contributed by atoms with E-state index in [0.29, 0.717) is 23.6 Å². The van der Waals surface area contributed by atoms with Crippen LogP contribution in [0.2, 0.25) is 0 Å². The van der Waals surface area contributed by atoms with E-state index in [-0.39, 0.29) is 29.0 Å². The van der Waals surface area contributed by atoms with Crippen LogP contribution < -0.4 is 15.4 Å². The summed E-state index contributed by atoms with van der Waals surface area (Å²) >= 11 is 0. The molecule has 2 rings (SSSR count). The van der Waals surface area contributed by atoms with Gasteiger partial charge in [-0.15, -0.1) is 12.4 Å². The molecular formula is C19H25ClN2O4S. The van der Waals surface area contributed by atoms with E-state index in [0.717, 1.165) is 13.0 Å². The Morgan fingerprint density at radius 1 is 1.07 bits per heavy atom. The van der Waals surface area contributed by atoms with Crippen LogP contribution in [0.3, 0.4) is 0 Å². The molecule has 0 aliphatic rings. The van der Waals surface area contributed by atoms with Gasteiger partial charge in [-0.05, 0) is 56.4 Å². The maximum absolute atomic E-state index is 12.2. The Bertz CT molecular complexity index is 839. The molecule has 0 atom stereocenters. The number of carbonyl (C=O) groups excluding carboxylic acids is 1. The highest BCUT2D eigenvalue weighted by Crippen LogP contribution is 2.29. The van der Waals surface area contributed by atoms with Gasteiger partial charge >= 0.3 is 0 Å². The molecule has 0 heterocycles. The van der Waals surface area contributed by atoms with Crippen LogP contribution in [0.25, 0.3) is 0 Å². The van der Waals surface area contributed by atoms with Crippen molar-refractivity contribution < 1.29 is 17.9 Å². The number of amides is 1. The summed E-state index contributed by atoms with van der Waals surface area (Å²) < 4.78 is 30.1. The Kier molecular flexibility index (Phi) is 9.28. The number of benzene rings is 2. The number of anilines is 1. The number of rotatable bonds is 9. The van der Waals surface area contributed by atoms with Gasteiger partial charge in [-0.1, -0.05) is 19.1 Å². The topological polar surface area (TPSA) is 84.5 Å². The highest BCUT2D eigenvalue weighted by molar-refractivity contribution is 7.91. The minimum Gasteiger partial charge on any atom is -0.456 e. The molecule has 0 fully saturated rings. The molecule has 6 nitrogen and oxygen atoms in total. The molecule has 148 valence electrons. The van der Waals surface area contributed by atoms with Gasteiger partial charge in [-0.3, -0.25) is 4.79 Å². The van der Waals surface area contributed by atoms with Crippen molar-refractivity contribution in [2.24, 2.45) is 0 Å². The van der Waals surface area contributed by atoms with Crippen molar-refractivity contribution in [1.82, 2.24) is 5.32 Å². The molecule has 0 aliphatic heterocycles. The average Bonchev–Trinajstić information content (AvgIpc) is 2.64. The van der Waals surface area contributed by atoms with Gasteiger partial charge in [0.25, 0.3) is 0 Å². The van der Waals surface area contributed by atoms with E-state index in [1.54, 1.807) is 49.4 Å². The van der Waals surface area contributed by atoms with Crippen LogP contribution in [0.4, 0.5) is 5.69 Å². The molecule has 0 bridgehead atoms. The van der Waals surface area contributed by atoms with E-state index >= 15 is 0 Å². The lowest BCUT2D eigenvalue weighted by Crippen LogP contribution is -2.15. The molecule has 2 aromatic rings.